The van der Waals surface area contributed by atoms with Crippen LogP contribution < -0.4 is 10.6 Å². The van der Waals surface area contributed by atoms with Crippen LogP contribution in [0, 0.1) is 17.8 Å². The largest absolute Gasteiger partial charge is 0.381 e. The molecule has 4 aliphatic rings. The molecular weight excluding hydrogens is 304 g/mol. The van der Waals surface area contributed by atoms with E-state index in [0.717, 1.165) is 62.9 Å². The highest BCUT2D eigenvalue weighted by Crippen LogP contribution is 2.55. The third-order valence-corrected chi connectivity index (χ3v) is 6.02. The summed E-state index contributed by atoms with van der Waals surface area (Å²) >= 11 is 0. The minimum absolute atomic E-state index is 0.0908. The lowest BCUT2D eigenvalue weighted by Crippen LogP contribution is -2.61. The lowest BCUT2D eigenvalue weighted by atomic mass is 9.53. The van der Waals surface area contributed by atoms with Gasteiger partial charge >= 0.3 is 11.8 Å². The van der Waals surface area contributed by atoms with Crippen LogP contribution in [0.2, 0.25) is 0 Å². The number of amides is 2. The van der Waals surface area contributed by atoms with Gasteiger partial charge in [0.15, 0.2) is 0 Å². The van der Waals surface area contributed by atoms with Gasteiger partial charge in [-0.3, -0.25) is 9.59 Å². The smallest absolute Gasteiger partial charge is 0.309 e. The molecule has 5 nitrogen and oxygen atoms in total. The van der Waals surface area contributed by atoms with E-state index in [-0.39, 0.29) is 5.54 Å². The molecule has 4 saturated carbocycles. The Labute approximate surface area is 145 Å². The first-order valence-electron chi connectivity index (χ1n) is 9.78. The number of nitrogens with one attached hydrogen (secondary N) is 2. The van der Waals surface area contributed by atoms with Crippen molar-refractivity contribution >= 4 is 11.8 Å². The van der Waals surface area contributed by atoms with Crippen LogP contribution in [0.25, 0.3) is 0 Å². The number of hydrogen-bond acceptors (Lipinski definition) is 3. The molecule has 0 atom stereocenters. The van der Waals surface area contributed by atoms with Gasteiger partial charge in [0.05, 0.1) is 0 Å². The van der Waals surface area contributed by atoms with Crippen LogP contribution in [-0.4, -0.2) is 37.1 Å². The average Bonchev–Trinajstić information content (AvgIpc) is 2.52. The zero-order valence-electron chi connectivity index (χ0n) is 14.9. The second-order valence-corrected chi connectivity index (χ2v) is 8.23. The molecule has 0 heterocycles. The normalized spacial score (nSPS) is 33.5. The number of carbonyl (C=O) groups is 2. The number of ether oxygens (including phenoxy) is 1. The Hall–Kier alpha value is -1.10. The lowest BCUT2D eigenvalue weighted by Gasteiger charge is -2.56. The number of hydrogen-bond donors (Lipinski definition) is 2. The second kappa shape index (κ2) is 7.85. The van der Waals surface area contributed by atoms with Crippen LogP contribution in [0.3, 0.4) is 0 Å². The van der Waals surface area contributed by atoms with E-state index < -0.39 is 11.8 Å². The number of unbranched alkanes of at least 4 members (excludes halogenated alkanes) is 1. The van der Waals surface area contributed by atoms with Gasteiger partial charge in [0.2, 0.25) is 0 Å². The summed E-state index contributed by atoms with van der Waals surface area (Å²) in [6.07, 6.45) is 10.2. The Balaban J connectivity index is 1.37. The summed E-state index contributed by atoms with van der Waals surface area (Å²) in [5, 5.41) is 5.84. The van der Waals surface area contributed by atoms with E-state index >= 15 is 0 Å². The van der Waals surface area contributed by atoms with Crippen molar-refractivity contribution in [2.45, 2.75) is 70.3 Å². The van der Waals surface area contributed by atoms with Gasteiger partial charge < -0.3 is 15.4 Å². The fraction of sp³-hybridized carbons (Fsp3) is 0.895. The first-order chi connectivity index (χ1) is 11.6. The summed E-state index contributed by atoms with van der Waals surface area (Å²) in [5.41, 5.74) is -0.0908. The highest BCUT2D eigenvalue weighted by atomic mass is 16.5. The first kappa shape index (κ1) is 17.7. The van der Waals surface area contributed by atoms with Gasteiger partial charge in [-0.1, -0.05) is 13.3 Å². The highest BCUT2D eigenvalue weighted by Gasteiger charge is 2.51. The molecule has 2 amide bonds. The van der Waals surface area contributed by atoms with E-state index in [1.807, 2.05) is 0 Å². The van der Waals surface area contributed by atoms with Crippen LogP contribution in [0.4, 0.5) is 0 Å². The Bertz CT molecular complexity index is 428. The molecule has 0 spiro atoms. The highest BCUT2D eigenvalue weighted by molar-refractivity contribution is 6.35. The molecule has 2 N–H and O–H groups in total. The maximum Gasteiger partial charge on any atom is 0.309 e. The number of carbonyl (C=O) groups excluding carboxylic acids is 2. The van der Waals surface area contributed by atoms with Gasteiger partial charge in [0.25, 0.3) is 0 Å². The summed E-state index contributed by atoms with van der Waals surface area (Å²) in [5.74, 6) is 1.36. The quantitative estimate of drug-likeness (QED) is 0.528. The third kappa shape index (κ3) is 4.29. The summed E-state index contributed by atoms with van der Waals surface area (Å²) in [6, 6.07) is 0. The van der Waals surface area contributed by atoms with E-state index in [4.69, 9.17) is 4.74 Å². The Kier molecular flexibility index (Phi) is 5.80. The zero-order valence-corrected chi connectivity index (χ0v) is 14.9. The van der Waals surface area contributed by atoms with Crippen molar-refractivity contribution in [3.8, 4) is 0 Å². The standard InChI is InChI=1S/C19H32N2O3/c1-2-3-6-24-7-4-5-20-17(22)18(23)21-19-11-14-8-15(12-19)10-16(9-14)13-19/h14-16H,2-13H2,1H3,(H,20,22)(H,21,23). The molecule has 0 radical (unpaired) electrons. The van der Waals surface area contributed by atoms with Crippen molar-refractivity contribution in [2.75, 3.05) is 19.8 Å². The monoisotopic (exact) mass is 336 g/mol. The molecule has 0 saturated heterocycles. The van der Waals surface area contributed by atoms with Crippen molar-refractivity contribution < 1.29 is 14.3 Å². The molecule has 4 fully saturated rings. The van der Waals surface area contributed by atoms with Gasteiger partial charge in [-0.2, -0.15) is 0 Å². The Morgan fingerprint density at radius 1 is 0.958 bits per heavy atom. The molecule has 0 unspecified atom stereocenters. The lowest BCUT2D eigenvalue weighted by molar-refractivity contribution is -0.142. The van der Waals surface area contributed by atoms with Crippen molar-refractivity contribution in [3.63, 3.8) is 0 Å². The molecule has 24 heavy (non-hydrogen) atoms. The summed E-state index contributed by atoms with van der Waals surface area (Å²) in [4.78, 5) is 24.3. The van der Waals surface area contributed by atoms with Crippen LogP contribution in [0.1, 0.15) is 64.7 Å². The molecule has 0 aromatic heterocycles. The van der Waals surface area contributed by atoms with Gasteiger partial charge in [-0.05, 0) is 69.1 Å². The van der Waals surface area contributed by atoms with Crippen molar-refractivity contribution in [1.29, 1.82) is 0 Å². The number of rotatable bonds is 8. The first-order valence-corrected chi connectivity index (χ1v) is 9.78. The summed E-state index contributed by atoms with van der Waals surface area (Å²) < 4.78 is 5.46. The minimum Gasteiger partial charge on any atom is -0.381 e. The van der Waals surface area contributed by atoms with Gasteiger partial charge in [-0.25, -0.2) is 0 Å². The fourth-order valence-electron chi connectivity index (χ4n) is 5.37. The average molecular weight is 336 g/mol. The van der Waals surface area contributed by atoms with E-state index in [0.29, 0.717) is 13.2 Å². The molecule has 0 aromatic rings. The molecular formula is C19H32N2O3. The van der Waals surface area contributed by atoms with Crippen molar-refractivity contribution in [3.05, 3.63) is 0 Å². The SMILES string of the molecule is CCCCOCCCNC(=O)C(=O)NC12CC3CC(CC(C3)C1)C2. The molecule has 4 bridgehead atoms. The second-order valence-electron chi connectivity index (χ2n) is 8.23. The fourth-order valence-corrected chi connectivity index (χ4v) is 5.37. The van der Waals surface area contributed by atoms with Gasteiger partial charge in [-0.15, -0.1) is 0 Å². The molecule has 0 aromatic carbocycles. The Morgan fingerprint density at radius 2 is 1.54 bits per heavy atom. The van der Waals surface area contributed by atoms with Crippen molar-refractivity contribution in [2.24, 2.45) is 17.8 Å². The van der Waals surface area contributed by atoms with Crippen LogP contribution in [0.5, 0.6) is 0 Å². The third-order valence-electron chi connectivity index (χ3n) is 6.02. The molecule has 0 aliphatic heterocycles. The minimum atomic E-state index is -0.487. The molecule has 4 rings (SSSR count). The topological polar surface area (TPSA) is 67.4 Å². The van der Waals surface area contributed by atoms with E-state index in [1.54, 1.807) is 0 Å². The van der Waals surface area contributed by atoms with Crippen LogP contribution in [-0.2, 0) is 14.3 Å². The van der Waals surface area contributed by atoms with Gasteiger partial charge in [0.1, 0.15) is 0 Å². The van der Waals surface area contributed by atoms with Crippen LogP contribution >= 0.6 is 0 Å². The van der Waals surface area contributed by atoms with Gasteiger partial charge in [0, 0.05) is 25.3 Å². The Morgan fingerprint density at radius 3 is 2.12 bits per heavy atom. The van der Waals surface area contributed by atoms with Crippen molar-refractivity contribution in [1.82, 2.24) is 10.6 Å². The molecule has 136 valence electrons. The van der Waals surface area contributed by atoms with E-state index in [2.05, 4.69) is 17.6 Å². The van der Waals surface area contributed by atoms with Crippen LogP contribution in [0.15, 0.2) is 0 Å². The van der Waals surface area contributed by atoms with E-state index in [9.17, 15) is 9.59 Å². The molecule has 4 aliphatic carbocycles. The maximum absolute atomic E-state index is 12.3. The zero-order chi connectivity index (χ0) is 17.0. The summed E-state index contributed by atoms with van der Waals surface area (Å²) in [7, 11) is 0. The van der Waals surface area contributed by atoms with E-state index in [1.165, 1.54) is 19.3 Å². The predicted octanol–water partition coefficient (Wildman–Crippen LogP) is 2.39. The maximum atomic E-state index is 12.3. The predicted molar refractivity (Wildman–Crippen MR) is 92.4 cm³/mol. The summed E-state index contributed by atoms with van der Waals surface area (Å²) in [6.45, 7) is 4.04. The molecule has 5 heteroatoms.